The van der Waals surface area contributed by atoms with Gasteiger partial charge in [0.2, 0.25) is 11.8 Å². The Morgan fingerprint density at radius 1 is 1.23 bits per heavy atom. The van der Waals surface area contributed by atoms with Crippen molar-refractivity contribution in [2.45, 2.75) is 39.0 Å². The molecule has 2 heterocycles. The highest BCUT2D eigenvalue weighted by atomic mass is 35.5. The first kappa shape index (κ1) is 22.7. The number of nitrogens with one attached hydrogen (secondary N) is 3. The lowest BCUT2D eigenvalue weighted by Crippen LogP contribution is -2.34. The average molecular weight is 403 g/mol. The maximum absolute atomic E-state index is 12.2. The predicted octanol–water partition coefficient (Wildman–Crippen LogP) is 3.24. The fourth-order valence-electron chi connectivity index (χ4n) is 3.15. The molecule has 2 unspecified atom stereocenters. The van der Waals surface area contributed by atoms with Crippen LogP contribution in [0.3, 0.4) is 0 Å². The molecule has 1 aliphatic carbocycles. The van der Waals surface area contributed by atoms with Gasteiger partial charge in [0.05, 0.1) is 11.9 Å². The zero-order valence-electron chi connectivity index (χ0n) is 15.0. The maximum Gasteiger partial charge on any atom is 0.228 e. The van der Waals surface area contributed by atoms with E-state index in [9.17, 15) is 9.59 Å². The van der Waals surface area contributed by atoms with E-state index >= 15 is 0 Å². The maximum atomic E-state index is 12.2. The zero-order chi connectivity index (χ0) is 16.9. The van der Waals surface area contributed by atoms with E-state index in [2.05, 4.69) is 27.9 Å². The van der Waals surface area contributed by atoms with Crippen molar-refractivity contribution in [1.29, 1.82) is 0 Å². The van der Waals surface area contributed by atoms with E-state index in [1.54, 1.807) is 18.3 Å². The SMILES string of the molecule is CC(CC(=O)Nc1ccc(NC(=O)C2CC2)nc1)C1CCCNC1.Cl.Cl. The first-order valence-corrected chi connectivity index (χ1v) is 8.89. The lowest BCUT2D eigenvalue weighted by atomic mass is 9.85. The number of pyridine rings is 1. The van der Waals surface area contributed by atoms with Crippen molar-refractivity contribution in [2.24, 2.45) is 17.8 Å². The Kier molecular flexibility index (Phi) is 9.33. The van der Waals surface area contributed by atoms with Crippen LogP contribution in [0.15, 0.2) is 18.3 Å². The van der Waals surface area contributed by atoms with Gasteiger partial charge in [-0.05, 0) is 62.7 Å². The smallest absolute Gasteiger partial charge is 0.228 e. The van der Waals surface area contributed by atoms with Gasteiger partial charge in [0, 0.05) is 12.3 Å². The highest BCUT2D eigenvalue weighted by Crippen LogP contribution is 2.30. The highest BCUT2D eigenvalue weighted by Gasteiger charge is 2.29. The molecule has 3 rings (SSSR count). The Balaban J connectivity index is 0.00000169. The molecular weight excluding hydrogens is 375 g/mol. The number of halogens is 2. The van der Waals surface area contributed by atoms with E-state index in [4.69, 9.17) is 0 Å². The zero-order valence-corrected chi connectivity index (χ0v) is 16.6. The van der Waals surface area contributed by atoms with Gasteiger partial charge in [-0.1, -0.05) is 6.92 Å². The molecule has 0 bridgehead atoms. The first-order valence-electron chi connectivity index (χ1n) is 8.89. The van der Waals surface area contributed by atoms with Crippen LogP contribution in [-0.4, -0.2) is 29.9 Å². The monoisotopic (exact) mass is 402 g/mol. The van der Waals surface area contributed by atoms with Gasteiger partial charge in [0.25, 0.3) is 0 Å². The van der Waals surface area contributed by atoms with Crippen LogP contribution < -0.4 is 16.0 Å². The minimum Gasteiger partial charge on any atom is -0.325 e. The van der Waals surface area contributed by atoms with E-state index < -0.39 is 0 Å². The van der Waals surface area contributed by atoms with Crippen LogP contribution in [0.2, 0.25) is 0 Å². The molecule has 146 valence electrons. The third-order valence-corrected chi connectivity index (χ3v) is 4.89. The summed E-state index contributed by atoms with van der Waals surface area (Å²) in [6.07, 6.45) is 6.43. The number of rotatable bonds is 6. The van der Waals surface area contributed by atoms with Gasteiger partial charge in [-0.15, -0.1) is 24.8 Å². The predicted molar refractivity (Wildman–Crippen MR) is 108 cm³/mol. The third-order valence-electron chi connectivity index (χ3n) is 4.89. The number of carbonyl (C=O) groups excluding carboxylic acids is 2. The molecule has 1 saturated heterocycles. The summed E-state index contributed by atoms with van der Waals surface area (Å²) in [5.74, 6) is 1.68. The van der Waals surface area contributed by atoms with Gasteiger partial charge in [0.1, 0.15) is 5.82 Å². The van der Waals surface area contributed by atoms with E-state index in [1.807, 2.05) is 0 Å². The lowest BCUT2D eigenvalue weighted by molar-refractivity contribution is -0.118. The number of anilines is 2. The summed E-state index contributed by atoms with van der Waals surface area (Å²) >= 11 is 0. The molecule has 0 spiro atoms. The molecule has 0 radical (unpaired) electrons. The number of hydrogen-bond donors (Lipinski definition) is 3. The molecule has 8 heteroatoms. The second kappa shape index (κ2) is 10.7. The van der Waals surface area contributed by atoms with Gasteiger partial charge in [0.15, 0.2) is 0 Å². The van der Waals surface area contributed by atoms with Gasteiger partial charge < -0.3 is 16.0 Å². The lowest BCUT2D eigenvalue weighted by Gasteiger charge is -2.28. The molecular formula is C18H28Cl2N4O2. The molecule has 2 aliphatic rings. The minimum absolute atomic E-state index is 0. The summed E-state index contributed by atoms with van der Waals surface area (Å²) in [4.78, 5) is 28.1. The standard InChI is InChI=1S/C18H26N4O2.2ClH/c1-12(14-3-2-8-19-10-14)9-17(23)21-15-6-7-16(20-11-15)22-18(24)13-4-5-13;;/h6-7,11-14,19H,2-5,8-10H2,1H3,(H,21,23)(H,20,22,24);2*1H. The number of carbonyl (C=O) groups is 2. The highest BCUT2D eigenvalue weighted by molar-refractivity contribution is 5.94. The van der Waals surface area contributed by atoms with E-state index in [0.717, 1.165) is 25.9 Å². The number of nitrogens with zero attached hydrogens (tertiary/aromatic N) is 1. The summed E-state index contributed by atoms with van der Waals surface area (Å²) in [6.45, 7) is 4.24. The Morgan fingerprint density at radius 2 is 2.00 bits per heavy atom. The first-order chi connectivity index (χ1) is 11.6. The molecule has 3 N–H and O–H groups in total. The number of amides is 2. The quantitative estimate of drug-likeness (QED) is 0.681. The van der Waals surface area contributed by atoms with Crippen molar-refractivity contribution in [2.75, 3.05) is 23.7 Å². The number of hydrogen-bond acceptors (Lipinski definition) is 4. The Bertz CT molecular complexity index is 587. The summed E-state index contributed by atoms with van der Waals surface area (Å²) in [6, 6.07) is 3.50. The van der Waals surface area contributed by atoms with Crippen LogP contribution in [0.5, 0.6) is 0 Å². The van der Waals surface area contributed by atoms with Gasteiger partial charge in [-0.25, -0.2) is 4.98 Å². The van der Waals surface area contributed by atoms with Crippen LogP contribution in [0.1, 0.15) is 39.0 Å². The van der Waals surface area contributed by atoms with Crippen molar-refractivity contribution >= 4 is 48.1 Å². The number of piperidine rings is 1. The van der Waals surface area contributed by atoms with E-state index in [0.29, 0.717) is 29.8 Å². The van der Waals surface area contributed by atoms with Crippen LogP contribution in [0.4, 0.5) is 11.5 Å². The molecule has 2 amide bonds. The molecule has 1 aromatic heterocycles. The molecule has 1 aliphatic heterocycles. The second-order valence-corrected chi connectivity index (χ2v) is 7.03. The Labute approximate surface area is 167 Å². The molecule has 6 nitrogen and oxygen atoms in total. The normalized spacial score (nSPS) is 20.1. The summed E-state index contributed by atoms with van der Waals surface area (Å²) in [5.41, 5.74) is 0.665. The third kappa shape index (κ3) is 6.74. The molecule has 1 saturated carbocycles. The summed E-state index contributed by atoms with van der Waals surface area (Å²) < 4.78 is 0. The number of aromatic nitrogens is 1. The van der Waals surface area contributed by atoms with Gasteiger partial charge in [-0.2, -0.15) is 0 Å². The van der Waals surface area contributed by atoms with E-state index in [1.165, 1.54) is 12.8 Å². The van der Waals surface area contributed by atoms with Crippen LogP contribution in [0.25, 0.3) is 0 Å². The second-order valence-electron chi connectivity index (χ2n) is 7.03. The summed E-state index contributed by atoms with van der Waals surface area (Å²) in [5, 5.41) is 9.08. The van der Waals surface area contributed by atoms with Crippen molar-refractivity contribution in [3.8, 4) is 0 Å². The van der Waals surface area contributed by atoms with Crippen molar-refractivity contribution in [1.82, 2.24) is 10.3 Å². The molecule has 2 fully saturated rings. The fourth-order valence-corrected chi connectivity index (χ4v) is 3.15. The van der Waals surface area contributed by atoms with Crippen molar-refractivity contribution < 1.29 is 9.59 Å². The summed E-state index contributed by atoms with van der Waals surface area (Å²) in [7, 11) is 0. The van der Waals surface area contributed by atoms with Gasteiger partial charge >= 0.3 is 0 Å². The molecule has 0 aromatic carbocycles. The molecule has 1 aromatic rings. The average Bonchev–Trinajstić information content (AvgIpc) is 3.42. The largest absolute Gasteiger partial charge is 0.325 e. The topological polar surface area (TPSA) is 83.1 Å². The van der Waals surface area contributed by atoms with Crippen molar-refractivity contribution in [3.05, 3.63) is 18.3 Å². The fraction of sp³-hybridized carbons (Fsp3) is 0.611. The Morgan fingerprint density at radius 3 is 2.58 bits per heavy atom. The van der Waals surface area contributed by atoms with Crippen LogP contribution >= 0.6 is 24.8 Å². The molecule has 2 atom stereocenters. The molecule has 26 heavy (non-hydrogen) atoms. The Hall–Kier alpha value is -1.37. The van der Waals surface area contributed by atoms with Crippen LogP contribution in [0, 0.1) is 17.8 Å². The van der Waals surface area contributed by atoms with E-state index in [-0.39, 0.29) is 42.5 Å². The van der Waals surface area contributed by atoms with Crippen molar-refractivity contribution in [3.63, 3.8) is 0 Å². The minimum atomic E-state index is 0. The van der Waals surface area contributed by atoms with Gasteiger partial charge in [-0.3, -0.25) is 9.59 Å². The van der Waals surface area contributed by atoms with Crippen LogP contribution in [-0.2, 0) is 9.59 Å².